The number of benzene rings is 1. The molecule has 0 atom stereocenters. The lowest BCUT2D eigenvalue weighted by Gasteiger charge is -2.32. The van der Waals surface area contributed by atoms with Crippen LogP contribution in [0.2, 0.25) is 0 Å². The molecular weight excluding hydrogens is 304 g/mol. The highest BCUT2D eigenvalue weighted by atomic mass is 79.9. The molecule has 3 nitrogen and oxygen atoms in total. The molecule has 0 aromatic heterocycles. The molecule has 100 valence electrons. The number of amides is 1. The zero-order valence-corrected chi connectivity index (χ0v) is 12.6. The van der Waals surface area contributed by atoms with Crippen LogP contribution in [0.5, 0.6) is 0 Å². The average Bonchev–Trinajstić information content (AvgIpc) is 2.41. The number of rotatable bonds is 2. The number of hydrogen-bond acceptors (Lipinski definition) is 2. The quantitative estimate of drug-likeness (QED) is 0.886. The minimum absolute atomic E-state index is 0.0334. The monoisotopic (exact) mass is 320 g/mol. The van der Waals surface area contributed by atoms with Gasteiger partial charge in [0.2, 0.25) is 5.91 Å². The molecule has 2 rings (SSSR count). The van der Waals surface area contributed by atoms with Crippen LogP contribution in [0.3, 0.4) is 0 Å². The van der Waals surface area contributed by atoms with Crippen LogP contribution in [-0.4, -0.2) is 5.91 Å². The molecule has 1 aliphatic carbocycles. The third-order valence-corrected chi connectivity index (χ3v) is 4.35. The number of halogens is 1. The molecule has 0 unspecified atom stereocenters. The van der Waals surface area contributed by atoms with Gasteiger partial charge in [0.05, 0.1) is 11.3 Å². The van der Waals surface area contributed by atoms with Crippen molar-refractivity contribution >= 4 is 27.5 Å². The lowest BCUT2D eigenvalue weighted by Crippen LogP contribution is -2.35. The summed E-state index contributed by atoms with van der Waals surface area (Å²) in [5.74, 6) is 0.0334. The van der Waals surface area contributed by atoms with Crippen LogP contribution in [-0.2, 0) is 4.79 Å². The fourth-order valence-electron chi connectivity index (χ4n) is 2.55. The third-order valence-electron chi connectivity index (χ3n) is 3.86. The highest BCUT2D eigenvalue weighted by Crippen LogP contribution is 2.37. The molecule has 1 aromatic carbocycles. The molecule has 1 fully saturated rings. The van der Waals surface area contributed by atoms with Crippen LogP contribution in [0.15, 0.2) is 22.7 Å². The molecule has 0 aliphatic heterocycles. The zero-order valence-electron chi connectivity index (χ0n) is 11.0. The van der Waals surface area contributed by atoms with Crippen molar-refractivity contribution in [2.75, 3.05) is 5.32 Å². The van der Waals surface area contributed by atoms with Crippen molar-refractivity contribution < 1.29 is 4.79 Å². The second kappa shape index (κ2) is 5.75. The standard InChI is InChI=1S/C15H17BrN2O/c1-15(7-3-2-4-8-15)14(19)18-13-6-5-12(16)9-11(13)10-17/h5-6,9H,2-4,7-8H2,1H3,(H,18,19). The maximum atomic E-state index is 12.4. The molecule has 1 saturated carbocycles. The van der Waals surface area contributed by atoms with E-state index in [0.29, 0.717) is 11.3 Å². The molecular formula is C15H17BrN2O. The molecule has 1 N–H and O–H groups in total. The first-order valence-electron chi connectivity index (χ1n) is 6.56. The van der Waals surface area contributed by atoms with Crippen LogP contribution in [0, 0.1) is 16.7 Å². The maximum absolute atomic E-state index is 12.4. The molecule has 1 aliphatic rings. The van der Waals surface area contributed by atoms with E-state index in [1.807, 2.05) is 13.0 Å². The molecule has 4 heteroatoms. The van der Waals surface area contributed by atoms with Gasteiger partial charge in [-0.05, 0) is 31.0 Å². The predicted octanol–water partition coefficient (Wildman–Crippen LogP) is 4.23. The summed E-state index contributed by atoms with van der Waals surface area (Å²) in [6.07, 6.45) is 5.28. The summed E-state index contributed by atoms with van der Waals surface area (Å²) in [6.45, 7) is 2.02. The van der Waals surface area contributed by atoms with Gasteiger partial charge >= 0.3 is 0 Å². The number of carbonyl (C=O) groups excluding carboxylic acids is 1. The van der Waals surface area contributed by atoms with Crippen LogP contribution < -0.4 is 5.32 Å². The largest absolute Gasteiger partial charge is 0.324 e. The van der Waals surface area contributed by atoms with Crippen LogP contribution in [0.4, 0.5) is 5.69 Å². The van der Waals surface area contributed by atoms with Gasteiger partial charge in [0.25, 0.3) is 0 Å². The summed E-state index contributed by atoms with van der Waals surface area (Å²) < 4.78 is 0.839. The second-order valence-corrected chi connectivity index (χ2v) is 6.29. The number of nitrogens with one attached hydrogen (secondary N) is 1. The molecule has 19 heavy (non-hydrogen) atoms. The Labute approximate surface area is 122 Å². The van der Waals surface area contributed by atoms with Crippen molar-refractivity contribution in [3.8, 4) is 6.07 Å². The van der Waals surface area contributed by atoms with Crippen molar-refractivity contribution in [1.82, 2.24) is 0 Å². The van der Waals surface area contributed by atoms with Crippen molar-refractivity contribution in [1.29, 1.82) is 5.26 Å². The average molecular weight is 321 g/mol. The fraction of sp³-hybridized carbons (Fsp3) is 0.467. The SMILES string of the molecule is CC1(C(=O)Nc2ccc(Br)cc2C#N)CCCCC1. The van der Waals surface area contributed by atoms with Gasteiger partial charge in [0.15, 0.2) is 0 Å². The number of nitrogens with zero attached hydrogens (tertiary/aromatic N) is 1. The Morgan fingerprint density at radius 3 is 2.68 bits per heavy atom. The Kier molecular flexibility index (Phi) is 4.26. The Balaban J connectivity index is 2.17. The van der Waals surface area contributed by atoms with Gasteiger partial charge < -0.3 is 5.32 Å². The first-order valence-corrected chi connectivity index (χ1v) is 7.35. The smallest absolute Gasteiger partial charge is 0.230 e. The number of carbonyl (C=O) groups is 1. The van der Waals surface area contributed by atoms with Crippen molar-refractivity contribution in [2.45, 2.75) is 39.0 Å². The minimum Gasteiger partial charge on any atom is -0.324 e. The third kappa shape index (κ3) is 3.16. The summed E-state index contributed by atoms with van der Waals surface area (Å²) in [5, 5.41) is 12.0. The van der Waals surface area contributed by atoms with E-state index in [1.165, 1.54) is 6.42 Å². The Morgan fingerprint density at radius 2 is 2.05 bits per heavy atom. The lowest BCUT2D eigenvalue weighted by atomic mass is 9.75. The second-order valence-electron chi connectivity index (χ2n) is 5.38. The highest BCUT2D eigenvalue weighted by molar-refractivity contribution is 9.10. The van der Waals surface area contributed by atoms with E-state index < -0.39 is 0 Å². The molecule has 0 spiro atoms. The summed E-state index contributed by atoms with van der Waals surface area (Å²) in [5.41, 5.74) is 0.794. The van der Waals surface area contributed by atoms with E-state index in [4.69, 9.17) is 5.26 Å². The molecule has 0 bridgehead atoms. The fourth-order valence-corrected chi connectivity index (χ4v) is 2.91. The van der Waals surface area contributed by atoms with Gasteiger partial charge in [-0.1, -0.05) is 42.1 Å². The number of nitriles is 1. The highest BCUT2D eigenvalue weighted by Gasteiger charge is 2.34. The maximum Gasteiger partial charge on any atom is 0.230 e. The normalized spacial score (nSPS) is 17.5. The molecule has 1 amide bonds. The molecule has 0 radical (unpaired) electrons. The Morgan fingerprint density at radius 1 is 1.37 bits per heavy atom. The number of hydrogen-bond donors (Lipinski definition) is 1. The minimum atomic E-state index is -0.294. The van der Waals surface area contributed by atoms with Gasteiger partial charge in [-0.2, -0.15) is 5.26 Å². The van der Waals surface area contributed by atoms with Gasteiger partial charge in [0, 0.05) is 9.89 Å². The summed E-state index contributed by atoms with van der Waals surface area (Å²) in [7, 11) is 0. The molecule has 0 saturated heterocycles. The number of anilines is 1. The van der Waals surface area contributed by atoms with Crippen molar-refractivity contribution in [2.24, 2.45) is 5.41 Å². The lowest BCUT2D eigenvalue weighted by molar-refractivity contribution is -0.126. The van der Waals surface area contributed by atoms with E-state index in [0.717, 1.165) is 30.2 Å². The molecule has 1 aromatic rings. The van der Waals surface area contributed by atoms with Crippen LogP contribution >= 0.6 is 15.9 Å². The van der Waals surface area contributed by atoms with E-state index in [9.17, 15) is 4.79 Å². The summed E-state index contributed by atoms with van der Waals surface area (Å²) >= 11 is 3.33. The predicted molar refractivity (Wildman–Crippen MR) is 78.7 cm³/mol. The Hall–Kier alpha value is -1.34. The van der Waals surface area contributed by atoms with Gasteiger partial charge in [-0.25, -0.2) is 0 Å². The Bertz CT molecular complexity index is 527. The topological polar surface area (TPSA) is 52.9 Å². The van der Waals surface area contributed by atoms with Crippen LogP contribution in [0.1, 0.15) is 44.6 Å². The zero-order chi connectivity index (χ0) is 13.9. The summed E-state index contributed by atoms with van der Waals surface area (Å²) in [4.78, 5) is 12.4. The van der Waals surface area contributed by atoms with E-state index in [2.05, 4.69) is 27.3 Å². The van der Waals surface area contributed by atoms with Crippen molar-refractivity contribution in [3.05, 3.63) is 28.2 Å². The van der Waals surface area contributed by atoms with E-state index in [-0.39, 0.29) is 11.3 Å². The first kappa shape index (κ1) is 14.1. The van der Waals surface area contributed by atoms with Gasteiger partial charge in [-0.3, -0.25) is 4.79 Å². The van der Waals surface area contributed by atoms with Gasteiger partial charge in [-0.15, -0.1) is 0 Å². The molecule has 0 heterocycles. The van der Waals surface area contributed by atoms with Crippen LogP contribution in [0.25, 0.3) is 0 Å². The van der Waals surface area contributed by atoms with Crippen molar-refractivity contribution in [3.63, 3.8) is 0 Å². The van der Waals surface area contributed by atoms with E-state index in [1.54, 1.807) is 12.1 Å². The first-order chi connectivity index (χ1) is 9.05. The van der Waals surface area contributed by atoms with Gasteiger partial charge in [0.1, 0.15) is 6.07 Å². The summed E-state index contributed by atoms with van der Waals surface area (Å²) in [6, 6.07) is 7.44. The van der Waals surface area contributed by atoms with E-state index >= 15 is 0 Å².